The predicted octanol–water partition coefficient (Wildman–Crippen LogP) is 3.91. The molecule has 0 spiro atoms. The number of rotatable bonds is 4. The van der Waals surface area contributed by atoms with Gasteiger partial charge in [0.2, 0.25) is 0 Å². The molecule has 2 heteroatoms. The summed E-state index contributed by atoms with van der Waals surface area (Å²) < 4.78 is 0. The van der Waals surface area contributed by atoms with Crippen molar-refractivity contribution in [1.82, 2.24) is 10.2 Å². The fraction of sp³-hybridized carbons (Fsp3) is 1.00. The van der Waals surface area contributed by atoms with Crippen molar-refractivity contribution in [2.24, 2.45) is 17.3 Å². The van der Waals surface area contributed by atoms with Crippen LogP contribution < -0.4 is 5.32 Å². The van der Waals surface area contributed by atoms with E-state index in [1.54, 1.807) is 0 Å². The molecule has 0 aromatic carbocycles. The van der Waals surface area contributed by atoms with E-state index in [1.807, 2.05) is 0 Å². The molecule has 2 unspecified atom stereocenters. The lowest BCUT2D eigenvalue weighted by Gasteiger charge is -2.48. The maximum atomic E-state index is 3.79. The lowest BCUT2D eigenvalue weighted by Crippen LogP contribution is -2.61. The Balaban J connectivity index is 2.02. The zero-order valence-corrected chi connectivity index (χ0v) is 14.4. The zero-order valence-electron chi connectivity index (χ0n) is 14.4. The van der Waals surface area contributed by atoms with Crippen LogP contribution in [0, 0.1) is 17.3 Å². The molecule has 0 aromatic rings. The highest BCUT2D eigenvalue weighted by Crippen LogP contribution is 2.37. The summed E-state index contributed by atoms with van der Waals surface area (Å²) in [6.07, 6.45) is 7.23. The summed E-state index contributed by atoms with van der Waals surface area (Å²) >= 11 is 0. The molecule has 20 heavy (non-hydrogen) atoms. The summed E-state index contributed by atoms with van der Waals surface area (Å²) in [5, 5.41) is 3.79. The Bertz CT molecular complexity index is 292. The van der Waals surface area contributed by atoms with Gasteiger partial charge in [-0.05, 0) is 30.1 Å². The van der Waals surface area contributed by atoms with Crippen molar-refractivity contribution in [2.45, 2.75) is 78.8 Å². The van der Waals surface area contributed by atoms with Crippen molar-refractivity contribution in [2.75, 3.05) is 19.6 Å². The largest absolute Gasteiger partial charge is 0.311 e. The van der Waals surface area contributed by atoms with Gasteiger partial charge in [0, 0.05) is 31.7 Å². The Morgan fingerprint density at radius 3 is 2.25 bits per heavy atom. The second-order valence-corrected chi connectivity index (χ2v) is 8.37. The first-order valence-electron chi connectivity index (χ1n) is 8.89. The van der Waals surface area contributed by atoms with Gasteiger partial charge < -0.3 is 5.32 Å². The van der Waals surface area contributed by atoms with Gasteiger partial charge in [-0.15, -0.1) is 0 Å². The highest BCUT2D eigenvalue weighted by Gasteiger charge is 2.36. The van der Waals surface area contributed by atoms with Gasteiger partial charge in [0.15, 0.2) is 0 Å². The molecule has 1 saturated heterocycles. The third-order valence-electron chi connectivity index (χ3n) is 5.71. The number of piperazine rings is 1. The number of hydrogen-bond donors (Lipinski definition) is 1. The van der Waals surface area contributed by atoms with Crippen molar-refractivity contribution in [3.05, 3.63) is 0 Å². The maximum absolute atomic E-state index is 3.79. The minimum Gasteiger partial charge on any atom is -0.311 e. The van der Waals surface area contributed by atoms with Crippen LogP contribution in [-0.2, 0) is 0 Å². The van der Waals surface area contributed by atoms with E-state index in [2.05, 4.69) is 44.8 Å². The molecule has 0 bridgehead atoms. The van der Waals surface area contributed by atoms with Gasteiger partial charge in [-0.3, -0.25) is 4.90 Å². The van der Waals surface area contributed by atoms with Crippen LogP contribution in [0.2, 0.25) is 0 Å². The van der Waals surface area contributed by atoms with E-state index in [-0.39, 0.29) is 0 Å². The molecule has 1 saturated carbocycles. The van der Waals surface area contributed by atoms with E-state index in [9.17, 15) is 0 Å². The van der Waals surface area contributed by atoms with Crippen LogP contribution >= 0.6 is 0 Å². The van der Waals surface area contributed by atoms with Gasteiger partial charge in [0.1, 0.15) is 0 Å². The summed E-state index contributed by atoms with van der Waals surface area (Å²) in [7, 11) is 0. The van der Waals surface area contributed by atoms with Crippen LogP contribution in [0.1, 0.15) is 66.7 Å². The Kier molecular flexibility index (Phi) is 5.53. The molecular weight excluding hydrogens is 244 g/mol. The van der Waals surface area contributed by atoms with Crippen molar-refractivity contribution in [3.8, 4) is 0 Å². The van der Waals surface area contributed by atoms with Gasteiger partial charge in [-0.25, -0.2) is 0 Å². The average molecular weight is 280 g/mol. The number of hydrogen-bond acceptors (Lipinski definition) is 2. The van der Waals surface area contributed by atoms with Gasteiger partial charge in [-0.2, -0.15) is 0 Å². The highest BCUT2D eigenvalue weighted by molar-refractivity contribution is 4.92. The molecule has 2 aliphatic rings. The lowest BCUT2D eigenvalue weighted by molar-refractivity contribution is 0.0323. The van der Waals surface area contributed by atoms with Crippen LogP contribution in [0.4, 0.5) is 0 Å². The number of nitrogens with zero attached hydrogens (tertiary/aromatic N) is 1. The topological polar surface area (TPSA) is 15.3 Å². The molecule has 118 valence electrons. The van der Waals surface area contributed by atoms with Crippen molar-refractivity contribution >= 4 is 0 Å². The van der Waals surface area contributed by atoms with E-state index in [0.717, 1.165) is 17.9 Å². The molecule has 1 aliphatic heterocycles. The average Bonchev–Trinajstić information content (AvgIpc) is 2.38. The Labute approximate surface area is 126 Å². The van der Waals surface area contributed by atoms with Crippen LogP contribution in [0.15, 0.2) is 0 Å². The van der Waals surface area contributed by atoms with Crippen LogP contribution in [0.25, 0.3) is 0 Å². The lowest BCUT2D eigenvalue weighted by atomic mass is 9.74. The smallest absolute Gasteiger partial charge is 0.0244 e. The maximum Gasteiger partial charge on any atom is 0.0244 e. The first-order valence-corrected chi connectivity index (χ1v) is 8.89. The van der Waals surface area contributed by atoms with Crippen molar-refractivity contribution in [1.29, 1.82) is 0 Å². The SMILES string of the molecule is CC(C)C1CN(CC2(C)CCCCC2)C(C(C)C)CN1. The summed E-state index contributed by atoms with van der Waals surface area (Å²) in [6.45, 7) is 15.8. The van der Waals surface area contributed by atoms with Gasteiger partial charge >= 0.3 is 0 Å². The van der Waals surface area contributed by atoms with Crippen molar-refractivity contribution in [3.63, 3.8) is 0 Å². The second-order valence-electron chi connectivity index (χ2n) is 8.37. The molecule has 2 fully saturated rings. The Hall–Kier alpha value is -0.0800. The molecule has 0 amide bonds. The quantitative estimate of drug-likeness (QED) is 0.840. The minimum atomic E-state index is 0.574. The standard InChI is InChI=1S/C18H36N2/c1-14(2)16-12-20(17(11-19-16)15(3)4)13-18(5)9-7-6-8-10-18/h14-17,19H,6-13H2,1-5H3. The normalized spacial score (nSPS) is 31.9. The van der Waals surface area contributed by atoms with E-state index < -0.39 is 0 Å². The predicted molar refractivity (Wildman–Crippen MR) is 88.0 cm³/mol. The molecule has 2 rings (SSSR count). The summed E-state index contributed by atoms with van der Waals surface area (Å²) in [6, 6.07) is 1.40. The summed E-state index contributed by atoms with van der Waals surface area (Å²) in [5.74, 6) is 1.49. The summed E-state index contributed by atoms with van der Waals surface area (Å²) in [4.78, 5) is 2.83. The summed E-state index contributed by atoms with van der Waals surface area (Å²) in [5.41, 5.74) is 0.574. The third-order valence-corrected chi connectivity index (χ3v) is 5.71. The monoisotopic (exact) mass is 280 g/mol. The van der Waals surface area contributed by atoms with Gasteiger partial charge in [0.25, 0.3) is 0 Å². The fourth-order valence-corrected chi connectivity index (χ4v) is 4.19. The fourth-order valence-electron chi connectivity index (χ4n) is 4.19. The molecule has 2 atom stereocenters. The molecule has 1 N–H and O–H groups in total. The van der Waals surface area contributed by atoms with E-state index in [1.165, 1.54) is 51.7 Å². The number of nitrogens with one attached hydrogen (secondary N) is 1. The van der Waals surface area contributed by atoms with E-state index in [0.29, 0.717) is 11.5 Å². The zero-order chi connectivity index (χ0) is 14.8. The molecule has 1 heterocycles. The Morgan fingerprint density at radius 1 is 1.05 bits per heavy atom. The molecule has 1 aliphatic carbocycles. The van der Waals surface area contributed by atoms with E-state index in [4.69, 9.17) is 0 Å². The Morgan fingerprint density at radius 2 is 1.70 bits per heavy atom. The van der Waals surface area contributed by atoms with Crippen LogP contribution in [-0.4, -0.2) is 36.6 Å². The van der Waals surface area contributed by atoms with Gasteiger partial charge in [-0.1, -0.05) is 53.9 Å². The molecule has 2 nitrogen and oxygen atoms in total. The molecular formula is C18H36N2. The minimum absolute atomic E-state index is 0.574. The van der Waals surface area contributed by atoms with Crippen molar-refractivity contribution < 1.29 is 0 Å². The van der Waals surface area contributed by atoms with Gasteiger partial charge in [0.05, 0.1) is 0 Å². The first kappa shape index (κ1) is 16.3. The second kappa shape index (κ2) is 6.79. The third kappa shape index (κ3) is 3.98. The first-order chi connectivity index (χ1) is 9.41. The van der Waals surface area contributed by atoms with Crippen LogP contribution in [0.5, 0.6) is 0 Å². The van der Waals surface area contributed by atoms with Crippen LogP contribution in [0.3, 0.4) is 0 Å². The molecule has 0 radical (unpaired) electrons. The molecule has 0 aromatic heterocycles. The van der Waals surface area contributed by atoms with E-state index >= 15 is 0 Å². The highest BCUT2D eigenvalue weighted by atomic mass is 15.2.